The third-order valence-corrected chi connectivity index (χ3v) is 11.8. The molecular weight excluding hydrogens is 719 g/mol. The molecule has 0 aliphatic heterocycles. The van der Waals surface area contributed by atoms with Crippen LogP contribution >= 0.6 is 0 Å². The van der Waals surface area contributed by atoms with Crippen LogP contribution in [0, 0.1) is 0 Å². The molecule has 4 nitrogen and oxygen atoms in total. The van der Waals surface area contributed by atoms with E-state index in [1.54, 1.807) is 0 Å². The lowest BCUT2D eigenvalue weighted by Crippen LogP contribution is -2.10. The Kier molecular flexibility index (Phi) is 7.50. The van der Waals surface area contributed by atoms with Crippen LogP contribution in [-0.2, 0) is 0 Å². The Morgan fingerprint density at radius 1 is 0.373 bits per heavy atom. The van der Waals surface area contributed by atoms with Crippen molar-refractivity contribution in [1.82, 2.24) is 9.55 Å². The van der Waals surface area contributed by atoms with Crippen LogP contribution in [0.4, 0.5) is 17.1 Å². The van der Waals surface area contributed by atoms with Crippen LogP contribution in [0.15, 0.2) is 217 Å². The Hall–Kier alpha value is -7.95. The van der Waals surface area contributed by atoms with Crippen LogP contribution < -0.4 is 4.90 Å². The lowest BCUT2D eigenvalue weighted by Gasteiger charge is -2.26. The molecule has 4 heteroatoms. The highest BCUT2D eigenvalue weighted by Crippen LogP contribution is 2.41. The Bertz CT molecular complexity index is 3580. The Balaban J connectivity index is 0.985. The lowest BCUT2D eigenvalue weighted by atomic mass is 10.0. The molecule has 0 aliphatic carbocycles. The highest BCUT2D eigenvalue weighted by molar-refractivity contribution is 6.11. The van der Waals surface area contributed by atoms with Gasteiger partial charge in [-0.05, 0) is 112 Å². The number of anilines is 3. The molecule has 0 bridgehead atoms. The molecule has 3 aromatic heterocycles. The second kappa shape index (κ2) is 13.3. The van der Waals surface area contributed by atoms with Gasteiger partial charge in [0.05, 0.1) is 16.6 Å². The number of aromatic nitrogens is 2. The number of para-hydroxylation sites is 2. The van der Waals surface area contributed by atoms with Gasteiger partial charge in [0.2, 0.25) is 0 Å². The van der Waals surface area contributed by atoms with Crippen LogP contribution in [0.25, 0.3) is 93.4 Å². The van der Waals surface area contributed by atoms with E-state index in [4.69, 9.17) is 9.40 Å². The van der Waals surface area contributed by atoms with E-state index in [9.17, 15) is 0 Å². The minimum absolute atomic E-state index is 0.896. The molecule has 59 heavy (non-hydrogen) atoms. The standard InChI is InChI=1S/C55H35N3O/c1-2-11-36(12-3-1)42-29-41-22-25-46(34-51(41)56-35-42)57(44-24-21-37-13-4-5-14-38(37)30-44)43-16-10-15-39(31-43)40-23-27-53-49(32-40)47-17-6-8-19-52(47)58(53)45-26-28-55-50(33-45)48-18-7-9-20-54(48)59-55/h1-35H. The van der Waals surface area contributed by atoms with E-state index in [0.717, 1.165) is 83.4 Å². The van der Waals surface area contributed by atoms with Crippen LogP contribution in [0.2, 0.25) is 0 Å². The fraction of sp³-hybridized carbons (Fsp3) is 0. The second-order valence-electron chi connectivity index (χ2n) is 15.2. The van der Waals surface area contributed by atoms with Gasteiger partial charge < -0.3 is 13.9 Å². The molecule has 0 unspecified atom stereocenters. The zero-order valence-corrected chi connectivity index (χ0v) is 32.0. The molecule has 3 heterocycles. The van der Waals surface area contributed by atoms with E-state index < -0.39 is 0 Å². The normalized spacial score (nSPS) is 11.7. The summed E-state index contributed by atoms with van der Waals surface area (Å²) in [5.74, 6) is 0. The average molecular weight is 754 g/mol. The maximum absolute atomic E-state index is 6.19. The van der Waals surface area contributed by atoms with Crippen molar-refractivity contribution >= 4 is 82.5 Å². The highest BCUT2D eigenvalue weighted by atomic mass is 16.3. The van der Waals surface area contributed by atoms with Crippen molar-refractivity contribution in [3.05, 3.63) is 212 Å². The molecular formula is C55H35N3O. The first kappa shape index (κ1) is 33.2. The first-order valence-corrected chi connectivity index (χ1v) is 20.0. The molecule has 0 fully saturated rings. The predicted octanol–water partition coefficient (Wildman–Crippen LogP) is 15.2. The second-order valence-corrected chi connectivity index (χ2v) is 15.2. The topological polar surface area (TPSA) is 34.2 Å². The number of hydrogen-bond acceptors (Lipinski definition) is 3. The van der Waals surface area contributed by atoms with Crippen molar-refractivity contribution in [3.63, 3.8) is 0 Å². The predicted molar refractivity (Wildman–Crippen MR) is 246 cm³/mol. The molecule has 0 radical (unpaired) electrons. The van der Waals surface area contributed by atoms with Crippen molar-refractivity contribution in [2.24, 2.45) is 0 Å². The molecule has 276 valence electrons. The maximum Gasteiger partial charge on any atom is 0.135 e. The van der Waals surface area contributed by atoms with Gasteiger partial charge in [-0.2, -0.15) is 0 Å². The minimum Gasteiger partial charge on any atom is -0.456 e. The van der Waals surface area contributed by atoms with Crippen molar-refractivity contribution in [1.29, 1.82) is 0 Å². The van der Waals surface area contributed by atoms with Crippen LogP contribution in [0.1, 0.15) is 0 Å². The summed E-state index contributed by atoms with van der Waals surface area (Å²) in [4.78, 5) is 7.32. The van der Waals surface area contributed by atoms with E-state index >= 15 is 0 Å². The van der Waals surface area contributed by atoms with Crippen LogP contribution in [0.5, 0.6) is 0 Å². The van der Waals surface area contributed by atoms with Gasteiger partial charge >= 0.3 is 0 Å². The molecule has 0 N–H and O–H groups in total. The number of fused-ring (bicyclic) bond motifs is 8. The summed E-state index contributed by atoms with van der Waals surface area (Å²) in [5, 5.41) is 8.18. The van der Waals surface area contributed by atoms with Gasteiger partial charge in [-0.1, -0.05) is 121 Å². The summed E-state index contributed by atoms with van der Waals surface area (Å²) < 4.78 is 8.57. The summed E-state index contributed by atoms with van der Waals surface area (Å²) in [6, 6.07) is 73.8. The minimum atomic E-state index is 0.896. The summed E-state index contributed by atoms with van der Waals surface area (Å²) in [5.41, 5.74) is 14.0. The molecule has 12 aromatic rings. The third-order valence-electron chi connectivity index (χ3n) is 11.8. The van der Waals surface area contributed by atoms with Crippen molar-refractivity contribution in [2.45, 2.75) is 0 Å². The average Bonchev–Trinajstić information content (AvgIpc) is 3.84. The first-order chi connectivity index (χ1) is 29.2. The van der Waals surface area contributed by atoms with Crippen molar-refractivity contribution < 1.29 is 4.42 Å². The molecule has 0 aliphatic rings. The van der Waals surface area contributed by atoms with E-state index in [1.807, 2.05) is 24.4 Å². The monoisotopic (exact) mass is 753 g/mol. The quantitative estimate of drug-likeness (QED) is 0.170. The summed E-state index contributed by atoms with van der Waals surface area (Å²) in [6.45, 7) is 0. The summed E-state index contributed by atoms with van der Waals surface area (Å²) >= 11 is 0. The van der Waals surface area contributed by atoms with E-state index in [2.05, 4.69) is 198 Å². The first-order valence-electron chi connectivity index (χ1n) is 20.0. The number of benzene rings is 9. The Morgan fingerprint density at radius 2 is 1.07 bits per heavy atom. The van der Waals surface area contributed by atoms with Gasteiger partial charge in [0, 0.05) is 61.4 Å². The molecule has 9 aromatic carbocycles. The SMILES string of the molecule is c1ccc(-c2cnc3cc(N(c4cccc(-c5ccc6c(c5)c5ccccc5n6-c5ccc6oc7ccccc7c6c5)c4)c4ccc5ccccc5c4)ccc3c2)cc1. The molecule has 0 spiro atoms. The zero-order chi connectivity index (χ0) is 38.9. The fourth-order valence-electron chi connectivity index (χ4n) is 8.91. The zero-order valence-electron chi connectivity index (χ0n) is 32.0. The van der Waals surface area contributed by atoms with Gasteiger partial charge in [-0.25, -0.2) is 0 Å². The summed E-state index contributed by atoms with van der Waals surface area (Å²) in [6.07, 6.45) is 1.98. The maximum atomic E-state index is 6.19. The number of hydrogen-bond donors (Lipinski definition) is 0. The summed E-state index contributed by atoms with van der Waals surface area (Å²) in [7, 11) is 0. The molecule has 0 atom stereocenters. The van der Waals surface area contributed by atoms with Crippen LogP contribution in [-0.4, -0.2) is 9.55 Å². The number of pyridine rings is 1. The lowest BCUT2D eigenvalue weighted by molar-refractivity contribution is 0.669. The van der Waals surface area contributed by atoms with Gasteiger partial charge in [-0.3, -0.25) is 4.98 Å². The fourth-order valence-corrected chi connectivity index (χ4v) is 8.91. The van der Waals surface area contributed by atoms with E-state index in [0.29, 0.717) is 0 Å². The third kappa shape index (κ3) is 5.57. The van der Waals surface area contributed by atoms with Crippen molar-refractivity contribution in [2.75, 3.05) is 4.90 Å². The van der Waals surface area contributed by atoms with E-state index in [-0.39, 0.29) is 0 Å². The van der Waals surface area contributed by atoms with E-state index in [1.165, 1.54) is 27.1 Å². The van der Waals surface area contributed by atoms with Crippen LogP contribution in [0.3, 0.4) is 0 Å². The molecule has 0 amide bonds. The smallest absolute Gasteiger partial charge is 0.135 e. The highest BCUT2D eigenvalue weighted by Gasteiger charge is 2.18. The molecule has 12 rings (SSSR count). The van der Waals surface area contributed by atoms with Crippen molar-refractivity contribution in [3.8, 4) is 27.9 Å². The Labute approximate surface area is 340 Å². The van der Waals surface area contributed by atoms with Gasteiger partial charge in [0.25, 0.3) is 0 Å². The number of furan rings is 1. The van der Waals surface area contributed by atoms with Gasteiger partial charge in [0.15, 0.2) is 0 Å². The number of rotatable bonds is 6. The van der Waals surface area contributed by atoms with Gasteiger partial charge in [0.1, 0.15) is 11.2 Å². The van der Waals surface area contributed by atoms with Gasteiger partial charge in [-0.15, -0.1) is 0 Å². The Morgan fingerprint density at radius 3 is 1.98 bits per heavy atom. The molecule has 0 saturated carbocycles. The molecule has 0 saturated heterocycles. The number of nitrogens with zero attached hydrogens (tertiary/aromatic N) is 3. The largest absolute Gasteiger partial charge is 0.456 e.